The molecule has 1 unspecified atom stereocenters. The smallest absolute Gasteiger partial charge is 0.416 e. The molecule has 42 heavy (non-hydrogen) atoms. The number of hydrogen-bond donors (Lipinski definition) is 0. The average Bonchev–Trinajstić information content (AvgIpc) is 2.91. The SMILES string of the molecule is CCCOC(=O)N1c2ccc(C(F)(F)F)cc2CC(N(Cc2cc(C(F)(F)F)cc(C(F)(F)F)c2)C(=O)OC)[C@H]1CC. The van der Waals surface area contributed by atoms with Gasteiger partial charge in [0.2, 0.25) is 0 Å². The summed E-state index contributed by atoms with van der Waals surface area (Å²) in [5.41, 5.74) is -4.82. The Bertz CT molecular complexity index is 1260. The molecule has 2 aromatic carbocycles. The molecule has 0 aliphatic carbocycles. The lowest BCUT2D eigenvalue weighted by Crippen LogP contribution is -2.58. The topological polar surface area (TPSA) is 59.1 Å². The first-order valence-electron chi connectivity index (χ1n) is 12.7. The second-order valence-electron chi connectivity index (χ2n) is 9.58. The number of anilines is 1. The maximum absolute atomic E-state index is 13.5. The molecule has 0 aromatic heterocycles. The number of nitrogens with zero attached hydrogens (tertiary/aromatic N) is 2. The molecule has 1 heterocycles. The first-order valence-corrected chi connectivity index (χ1v) is 12.7. The number of carbonyl (C=O) groups excluding carboxylic acids is 2. The molecule has 0 saturated carbocycles. The van der Waals surface area contributed by atoms with Crippen molar-refractivity contribution in [3.8, 4) is 0 Å². The summed E-state index contributed by atoms with van der Waals surface area (Å²) >= 11 is 0. The molecule has 15 heteroatoms. The minimum absolute atomic E-state index is 0.0399. The van der Waals surface area contributed by atoms with Gasteiger partial charge in [0.1, 0.15) is 0 Å². The number of ether oxygens (including phenoxy) is 2. The van der Waals surface area contributed by atoms with Crippen molar-refractivity contribution in [1.82, 2.24) is 4.90 Å². The minimum Gasteiger partial charge on any atom is -0.453 e. The fourth-order valence-electron chi connectivity index (χ4n) is 4.88. The molecule has 0 spiro atoms. The van der Waals surface area contributed by atoms with Gasteiger partial charge in [-0.25, -0.2) is 9.59 Å². The molecule has 0 saturated heterocycles. The van der Waals surface area contributed by atoms with Gasteiger partial charge in [-0.15, -0.1) is 0 Å². The molecule has 0 fully saturated rings. The van der Waals surface area contributed by atoms with Crippen LogP contribution in [0.15, 0.2) is 36.4 Å². The van der Waals surface area contributed by atoms with E-state index in [1.54, 1.807) is 13.8 Å². The van der Waals surface area contributed by atoms with Gasteiger partial charge in [0.15, 0.2) is 0 Å². The average molecular weight is 615 g/mol. The van der Waals surface area contributed by atoms with Crippen LogP contribution in [-0.2, 0) is 41.0 Å². The maximum atomic E-state index is 13.5. The summed E-state index contributed by atoms with van der Waals surface area (Å²) in [6, 6.07) is 1.22. The van der Waals surface area contributed by atoms with Gasteiger partial charge in [0.25, 0.3) is 0 Å². The van der Waals surface area contributed by atoms with E-state index >= 15 is 0 Å². The Morgan fingerprint density at radius 3 is 1.93 bits per heavy atom. The minimum atomic E-state index is -5.16. The van der Waals surface area contributed by atoms with Crippen LogP contribution in [0.5, 0.6) is 0 Å². The van der Waals surface area contributed by atoms with Crippen LogP contribution in [-0.4, -0.2) is 42.9 Å². The highest BCUT2D eigenvalue weighted by molar-refractivity contribution is 5.90. The fourth-order valence-corrected chi connectivity index (χ4v) is 4.88. The Kier molecular flexibility index (Phi) is 9.62. The van der Waals surface area contributed by atoms with Crippen molar-refractivity contribution in [1.29, 1.82) is 0 Å². The van der Waals surface area contributed by atoms with Crippen LogP contribution >= 0.6 is 0 Å². The van der Waals surface area contributed by atoms with Crippen molar-refractivity contribution < 1.29 is 58.6 Å². The van der Waals surface area contributed by atoms with Crippen molar-refractivity contribution in [2.75, 3.05) is 18.6 Å². The van der Waals surface area contributed by atoms with Crippen molar-refractivity contribution in [3.05, 3.63) is 64.2 Å². The molecule has 2 aromatic rings. The molecular formula is C27H27F9N2O4. The fraction of sp³-hybridized carbons (Fsp3) is 0.481. The molecule has 0 N–H and O–H groups in total. The quantitative estimate of drug-likeness (QED) is 0.309. The normalized spacial score (nSPS) is 17.5. The lowest BCUT2D eigenvalue weighted by molar-refractivity contribution is -0.143. The molecule has 3 rings (SSSR count). The molecule has 2 atom stereocenters. The lowest BCUT2D eigenvalue weighted by Gasteiger charge is -2.45. The van der Waals surface area contributed by atoms with E-state index in [1.807, 2.05) is 0 Å². The van der Waals surface area contributed by atoms with Crippen molar-refractivity contribution in [3.63, 3.8) is 0 Å². The van der Waals surface area contributed by atoms with E-state index < -0.39 is 71.6 Å². The monoisotopic (exact) mass is 614 g/mol. The number of hydrogen-bond acceptors (Lipinski definition) is 4. The highest BCUT2D eigenvalue weighted by Gasteiger charge is 2.44. The summed E-state index contributed by atoms with van der Waals surface area (Å²) in [6.07, 6.45) is -17.0. The van der Waals surface area contributed by atoms with E-state index in [-0.39, 0.29) is 36.8 Å². The van der Waals surface area contributed by atoms with Crippen LogP contribution in [0.1, 0.15) is 54.5 Å². The molecule has 232 valence electrons. The summed E-state index contributed by atoms with van der Waals surface area (Å²) in [5.74, 6) is 0. The van der Waals surface area contributed by atoms with Crippen LogP contribution < -0.4 is 4.90 Å². The number of amides is 2. The van der Waals surface area contributed by atoms with Gasteiger partial charge in [-0.1, -0.05) is 13.8 Å². The van der Waals surface area contributed by atoms with Crippen LogP contribution in [0, 0.1) is 0 Å². The molecule has 1 aliphatic rings. The van der Waals surface area contributed by atoms with Gasteiger partial charge in [-0.3, -0.25) is 9.80 Å². The predicted octanol–water partition coefficient (Wildman–Crippen LogP) is 8.07. The Balaban J connectivity index is 2.18. The predicted molar refractivity (Wildman–Crippen MR) is 132 cm³/mol. The second kappa shape index (κ2) is 12.3. The van der Waals surface area contributed by atoms with Crippen molar-refractivity contribution in [2.45, 2.75) is 70.3 Å². The number of methoxy groups -OCH3 is 1. The van der Waals surface area contributed by atoms with Crippen LogP contribution in [0.3, 0.4) is 0 Å². The van der Waals surface area contributed by atoms with E-state index in [9.17, 15) is 49.1 Å². The van der Waals surface area contributed by atoms with E-state index in [2.05, 4.69) is 0 Å². The van der Waals surface area contributed by atoms with Gasteiger partial charge in [-0.2, -0.15) is 39.5 Å². The largest absolute Gasteiger partial charge is 0.453 e. The van der Waals surface area contributed by atoms with Crippen molar-refractivity contribution in [2.24, 2.45) is 0 Å². The Morgan fingerprint density at radius 2 is 1.45 bits per heavy atom. The molecule has 0 bridgehead atoms. The number of fused-ring (bicyclic) bond motifs is 1. The Morgan fingerprint density at radius 1 is 0.881 bits per heavy atom. The van der Waals surface area contributed by atoms with Crippen molar-refractivity contribution >= 4 is 17.9 Å². The summed E-state index contributed by atoms with van der Waals surface area (Å²) in [6.45, 7) is 2.41. The number of carbonyl (C=O) groups is 2. The van der Waals surface area contributed by atoms with E-state index in [0.717, 1.165) is 35.1 Å². The third-order valence-corrected chi connectivity index (χ3v) is 6.73. The van der Waals surface area contributed by atoms with Gasteiger partial charge >= 0.3 is 30.7 Å². The number of rotatable bonds is 6. The van der Waals surface area contributed by atoms with E-state index in [4.69, 9.17) is 9.47 Å². The summed E-state index contributed by atoms with van der Waals surface area (Å²) in [5, 5.41) is 0. The molecule has 2 amide bonds. The van der Waals surface area contributed by atoms with Crippen LogP contribution in [0.2, 0.25) is 0 Å². The number of benzene rings is 2. The molecule has 6 nitrogen and oxygen atoms in total. The summed E-state index contributed by atoms with van der Waals surface area (Å²) in [4.78, 5) is 28.0. The number of alkyl halides is 9. The zero-order valence-corrected chi connectivity index (χ0v) is 22.6. The Hall–Kier alpha value is -3.65. The van der Waals surface area contributed by atoms with Gasteiger partial charge < -0.3 is 9.47 Å². The number of halogens is 9. The van der Waals surface area contributed by atoms with Gasteiger partial charge in [0, 0.05) is 6.54 Å². The summed E-state index contributed by atoms with van der Waals surface area (Å²) < 4.78 is 132. The standard InChI is InChI=1S/C27H27F9N2O4/c1-4-8-42-24(40)38-20(5-2)22(12-16-11-17(25(28,29)30)6-7-21(16)38)37(23(39)41-3)14-15-9-18(26(31,32)33)13-19(10-15)27(34,35)36/h6-7,9-11,13,20,22H,4-5,8,12,14H2,1-3H3/t20-,22?/m1/s1. The molecule has 0 radical (unpaired) electrons. The third kappa shape index (κ3) is 7.21. The molecular weight excluding hydrogens is 587 g/mol. The zero-order valence-electron chi connectivity index (χ0n) is 22.6. The van der Waals surface area contributed by atoms with Gasteiger partial charge in [-0.05, 0) is 66.8 Å². The van der Waals surface area contributed by atoms with Crippen LogP contribution in [0.25, 0.3) is 0 Å². The van der Waals surface area contributed by atoms with E-state index in [0.29, 0.717) is 18.6 Å². The first kappa shape index (κ1) is 32.9. The van der Waals surface area contributed by atoms with Gasteiger partial charge in [0.05, 0.1) is 48.2 Å². The lowest BCUT2D eigenvalue weighted by atomic mass is 9.87. The zero-order chi connectivity index (χ0) is 31.6. The maximum Gasteiger partial charge on any atom is 0.416 e. The highest BCUT2D eigenvalue weighted by Crippen LogP contribution is 2.41. The first-order chi connectivity index (χ1) is 19.4. The van der Waals surface area contributed by atoms with Crippen LogP contribution in [0.4, 0.5) is 54.8 Å². The Labute approximate surface area is 235 Å². The summed E-state index contributed by atoms with van der Waals surface area (Å²) in [7, 11) is 0.926. The third-order valence-electron chi connectivity index (χ3n) is 6.73. The second-order valence-corrected chi connectivity index (χ2v) is 9.58. The molecule has 1 aliphatic heterocycles. The highest BCUT2D eigenvalue weighted by atomic mass is 19.4. The van der Waals surface area contributed by atoms with E-state index in [1.165, 1.54) is 0 Å².